The fourth-order valence-electron chi connectivity index (χ4n) is 1.96. The van der Waals surface area contributed by atoms with Crippen molar-refractivity contribution in [3.63, 3.8) is 0 Å². The molecule has 0 aliphatic carbocycles. The lowest BCUT2D eigenvalue weighted by Gasteiger charge is -2.10. The molecule has 3 aromatic heterocycles. The molecule has 0 unspecified atom stereocenters. The quantitative estimate of drug-likeness (QED) is 0.729. The predicted molar refractivity (Wildman–Crippen MR) is 73.4 cm³/mol. The van der Waals surface area contributed by atoms with Gasteiger partial charge >= 0.3 is 0 Å². The van der Waals surface area contributed by atoms with E-state index in [9.17, 15) is 4.79 Å². The summed E-state index contributed by atoms with van der Waals surface area (Å²) in [6.07, 6.45) is 3.08. The van der Waals surface area contributed by atoms with E-state index in [2.05, 4.69) is 15.1 Å². The Hall–Kier alpha value is -2.02. The number of hydrogen-bond donors (Lipinski definition) is 0. The van der Waals surface area contributed by atoms with Crippen LogP contribution in [0.3, 0.4) is 0 Å². The third-order valence-corrected chi connectivity index (χ3v) is 3.78. The molecule has 0 radical (unpaired) electrons. The smallest absolute Gasteiger partial charge is 0.271 e. The van der Waals surface area contributed by atoms with Crippen LogP contribution in [0.15, 0.2) is 28.9 Å². The van der Waals surface area contributed by atoms with Gasteiger partial charge < -0.3 is 0 Å². The standard InChI is InChI=1S/C12H13N5OS/c1-8(2)17-10(13-6-15-17)5-16-7-14-9-3-4-19-11(9)12(16)18/h3-4,6-8H,5H2,1-2H3. The summed E-state index contributed by atoms with van der Waals surface area (Å²) in [7, 11) is 0. The number of aromatic nitrogens is 5. The molecule has 0 atom stereocenters. The molecular weight excluding hydrogens is 262 g/mol. The molecule has 0 aliphatic rings. The van der Waals surface area contributed by atoms with Gasteiger partial charge in [0.05, 0.1) is 18.4 Å². The Bertz CT molecular complexity index is 770. The van der Waals surface area contributed by atoms with Crippen molar-refractivity contribution < 1.29 is 0 Å². The molecular formula is C12H13N5OS. The highest BCUT2D eigenvalue weighted by molar-refractivity contribution is 7.17. The zero-order valence-electron chi connectivity index (χ0n) is 10.6. The Labute approximate surface area is 113 Å². The summed E-state index contributed by atoms with van der Waals surface area (Å²) in [4.78, 5) is 20.8. The van der Waals surface area contributed by atoms with E-state index in [-0.39, 0.29) is 11.6 Å². The normalized spacial score (nSPS) is 11.5. The van der Waals surface area contributed by atoms with Crippen LogP contribution in [0.5, 0.6) is 0 Å². The van der Waals surface area contributed by atoms with Crippen molar-refractivity contribution in [2.45, 2.75) is 26.4 Å². The highest BCUT2D eigenvalue weighted by Gasteiger charge is 2.11. The highest BCUT2D eigenvalue weighted by atomic mass is 32.1. The average molecular weight is 275 g/mol. The van der Waals surface area contributed by atoms with Crippen molar-refractivity contribution in [1.29, 1.82) is 0 Å². The van der Waals surface area contributed by atoms with E-state index < -0.39 is 0 Å². The Morgan fingerprint density at radius 1 is 1.37 bits per heavy atom. The summed E-state index contributed by atoms with van der Waals surface area (Å²) in [5.41, 5.74) is 0.717. The molecule has 0 aliphatic heterocycles. The minimum atomic E-state index is -0.0293. The molecule has 0 fully saturated rings. The Morgan fingerprint density at radius 3 is 3.00 bits per heavy atom. The first-order chi connectivity index (χ1) is 9.16. The van der Waals surface area contributed by atoms with Gasteiger partial charge in [-0.2, -0.15) is 5.10 Å². The zero-order chi connectivity index (χ0) is 13.4. The van der Waals surface area contributed by atoms with E-state index >= 15 is 0 Å². The summed E-state index contributed by atoms with van der Waals surface area (Å²) >= 11 is 1.41. The maximum absolute atomic E-state index is 12.3. The van der Waals surface area contributed by atoms with Crippen molar-refractivity contribution in [3.8, 4) is 0 Å². The maximum atomic E-state index is 12.3. The number of rotatable bonds is 3. The summed E-state index contributed by atoms with van der Waals surface area (Å²) in [5.74, 6) is 0.759. The van der Waals surface area contributed by atoms with Crippen LogP contribution < -0.4 is 5.56 Å². The molecule has 0 saturated carbocycles. The van der Waals surface area contributed by atoms with E-state index in [1.165, 1.54) is 17.7 Å². The number of thiophene rings is 1. The fraction of sp³-hybridized carbons (Fsp3) is 0.333. The van der Waals surface area contributed by atoms with Crippen molar-refractivity contribution in [1.82, 2.24) is 24.3 Å². The second-order valence-electron chi connectivity index (χ2n) is 4.53. The third-order valence-electron chi connectivity index (χ3n) is 2.88. The molecule has 98 valence electrons. The van der Waals surface area contributed by atoms with Gasteiger partial charge in [-0.3, -0.25) is 9.36 Å². The van der Waals surface area contributed by atoms with E-state index in [1.54, 1.807) is 10.9 Å². The van der Waals surface area contributed by atoms with E-state index in [4.69, 9.17) is 0 Å². The Kier molecular flexibility index (Phi) is 2.90. The highest BCUT2D eigenvalue weighted by Crippen LogP contribution is 2.13. The molecule has 0 saturated heterocycles. The van der Waals surface area contributed by atoms with Gasteiger partial charge in [0, 0.05) is 6.04 Å². The minimum absolute atomic E-state index is 0.0293. The largest absolute Gasteiger partial charge is 0.290 e. The Morgan fingerprint density at radius 2 is 2.21 bits per heavy atom. The van der Waals surface area contributed by atoms with Gasteiger partial charge in [0.15, 0.2) is 0 Å². The van der Waals surface area contributed by atoms with Crippen LogP contribution in [0.4, 0.5) is 0 Å². The SMILES string of the molecule is CC(C)n1ncnc1Cn1cnc2ccsc2c1=O. The summed E-state index contributed by atoms with van der Waals surface area (Å²) in [6, 6.07) is 2.06. The molecule has 0 N–H and O–H groups in total. The first-order valence-electron chi connectivity index (χ1n) is 5.98. The lowest BCUT2D eigenvalue weighted by molar-refractivity contribution is 0.493. The van der Waals surface area contributed by atoms with Gasteiger partial charge in [-0.25, -0.2) is 14.6 Å². The first kappa shape index (κ1) is 12.0. The second-order valence-corrected chi connectivity index (χ2v) is 5.44. The number of hydrogen-bond acceptors (Lipinski definition) is 5. The van der Waals surface area contributed by atoms with Crippen molar-refractivity contribution in [3.05, 3.63) is 40.3 Å². The topological polar surface area (TPSA) is 65.6 Å². The van der Waals surface area contributed by atoms with Crippen LogP contribution in [0.25, 0.3) is 10.2 Å². The molecule has 0 aromatic carbocycles. The van der Waals surface area contributed by atoms with Gasteiger partial charge in [-0.1, -0.05) is 0 Å². The fourth-order valence-corrected chi connectivity index (χ4v) is 2.76. The van der Waals surface area contributed by atoms with E-state index in [1.807, 2.05) is 30.0 Å². The van der Waals surface area contributed by atoms with Crippen molar-refractivity contribution >= 4 is 21.6 Å². The van der Waals surface area contributed by atoms with Crippen LogP contribution in [-0.2, 0) is 6.54 Å². The second kappa shape index (κ2) is 4.58. The summed E-state index contributed by atoms with van der Waals surface area (Å²) in [5, 5.41) is 6.04. The molecule has 0 bridgehead atoms. The van der Waals surface area contributed by atoms with Crippen LogP contribution in [0.1, 0.15) is 25.7 Å². The van der Waals surface area contributed by atoms with Gasteiger partial charge in [-0.15, -0.1) is 11.3 Å². The maximum Gasteiger partial charge on any atom is 0.271 e. The molecule has 0 spiro atoms. The first-order valence-corrected chi connectivity index (χ1v) is 6.86. The van der Waals surface area contributed by atoms with Crippen LogP contribution in [0, 0.1) is 0 Å². The molecule has 19 heavy (non-hydrogen) atoms. The van der Waals surface area contributed by atoms with Gasteiger partial charge in [0.25, 0.3) is 5.56 Å². The molecule has 3 rings (SSSR count). The minimum Gasteiger partial charge on any atom is -0.290 e. The monoisotopic (exact) mass is 275 g/mol. The Balaban J connectivity index is 2.03. The molecule has 7 heteroatoms. The van der Waals surface area contributed by atoms with Gasteiger partial charge in [0.2, 0.25) is 0 Å². The van der Waals surface area contributed by atoms with Gasteiger partial charge in [0.1, 0.15) is 16.9 Å². The lowest BCUT2D eigenvalue weighted by Crippen LogP contribution is -2.22. The number of nitrogens with zero attached hydrogens (tertiary/aromatic N) is 5. The van der Waals surface area contributed by atoms with Crippen LogP contribution >= 0.6 is 11.3 Å². The van der Waals surface area contributed by atoms with Crippen LogP contribution in [0.2, 0.25) is 0 Å². The average Bonchev–Trinajstić information content (AvgIpc) is 3.01. The third kappa shape index (κ3) is 2.06. The predicted octanol–water partition coefficient (Wildman–Crippen LogP) is 1.68. The summed E-state index contributed by atoms with van der Waals surface area (Å²) in [6.45, 7) is 4.45. The zero-order valence-corrected chi connectivity index (χ0v) is 11.5. The van der Waals surface area contributed by atoms with Crippen LogP contribution in [-0.4, -0.2) is 24.3 Å². The molecule has 6 nitrogen and oxygen atoms in total. The summed E-state index contributed by atoms with van der Waals surface area (Å²) < 4.78 is 4.06. The van der Waals surface area contributed by atoms with E-state index in [0.29, 0.717) is 11.2 Å². The van der Waals surface area contributed by atoms with Gasteiger partial charge in [-0.05, 0) is 25.3 Å². The molecule has 3 heterocycles. The van der Waals surface area contributed by atoms with Crippen molar-refractivity contribution in [2.24, 2.45) is 0 Å². The van der Waals surface area contributed by atoms with Crippen molar-refractivity contribution in [2.75, 3.05) is 0 Å². The molecule has 3 aromatic rings. The lowest BCUT2D eigenvalue weighted by atomic mass is 10.4. The van der Waals surface area contributed by atoms with E-state index in [0.717, 1.165) is 11.3 Å². The number of fused-ring (bicyclic) bond motifs is 1. The molecule has 0 amide bonds.